The highest BCUT2D eigenvalue weighted by atomic mass is 35.5. The number of nitrogens with zero attached hydrogens (tertiary/aromatic N) is 1. The Morgan fingerprint density at radius 2 is 2.09 bits per heavy atom. The zero-order chi connectivity index (χ0) is 16.3. The van der Waals surface area contributed by atoms with E-state index < -0.39 is 25.1 Å². The molecule has 6 nitrogen and oxygen atoms in total. The topological polar surface area (TPSA) is 97.5 Å². The van der Waals surface area contributed by atoms with E-state index in [1.54, 1.807) is 6.08 Å². The second kappa shape index (κ2) is 6.34. The fraction of sp³-hybridized carbons (Fsp3) is 0.692. The summed E-state index contributed by atoms with van der Waals surface area (Å²) in [5.41, 5.74) is 0.840. The molecular weight excluding hydrogens is 380 g/mol. The van der Waals surface area contributed by atoms with Crippen LogP contribution in [0.5, 0.6) is 0 Å². The second-order valence-corrected chi connectivity index (χ2v) is 11.8. The third-order valence-electron chi connectivity index (χ3n) is 4.23. The molecule has 0 spiro atoms. The monoisotopic (exact) mass is 400 g/mol. The molecule has 1 saturated heterocycles. The predicted molar refractivity (Wildman–Crippen MR) is 95.2 cm³/mol. The number of primary sulfonamides is 1. The molecule has 4 rings (SSSR count). The quantitative estimate of drug-likeness (QED) is 0.769. The van der Waals surface area contributed by atoms with Crippen molar-refractivity contribution in [1.29, 1.82) is 0 Å². The lowest BCUT2D eigenvalue weighted by molar-refractivity contribution is 0.221. The minimum Gasteiger partial charge on any atom is -0.293 e. The van der Waals surface area contributed by atoms with Crippen LogP contribution in [0.25, 0.3) is 0 Å². The lowest BCUT2D eigenvalue weighted by Crippen LogP contribution is -2.41. The van der Waals surface area contributed by atoms with Crippen molar-refractivity contribution < 1.29 is 16.8 Å². The lowest BCUT2D eigenvalue weighted by atomic mass is 10.1. The molecule has 4 bridgehead atoms. The van der Waals surface area contributed by atoms with Gasteiger partial charge in [-0.1, -0.05) is 25.6 Å². The molecule has 0 amide bonds. The summed E-state index contributed by atoms with van der Waals surface area (Å²) >= 11 is 0.818. The standard InChI is InChI=1S/C13H20N2O4S3.ClH/c1-8(2)6-15-7-9-3-11-4-10(15)5-12(22(14,18)19)20-13(9)21(11,16)17;/h5,8,10-11H,3-4,6-7H2,1-2H3,(H2,14,18,19);1H. The van der Waals surface area contributed by atoms with Crippen LogP contribution in [0.3, 0.4) is 0 Å². The molecule has 2 atom stereocenters. The third-order valence-corrected chi connectivity index (χ3v) is 9.67. The van der Waals surface area contributed by atoms with Crippen LogP contribution in [0.15, 0.2) is 20.1 Å². The highest BCUT2D eigenvalue weighted by Crippen LogP contribution is 2.49. The molecule has 23 heavy (non-hydrogen) atoms. The molecule has 0 aromatic carbocycles. The zero-order valence-electron chi connectivity index (χ0n) is 12.9. The van der Waals surface area contributed by atoms with Crippen molar-refractivity contribution in [3.63, 3.8) is 0 Å². The van der Waals surface area contributed by atoms with E-state index in [-0.39, 0.29) is 26.9 Å². The van der Waals surface area contributed by atoms with Gasteiger partial charge in [0.25, 0.3) is 0 Å². The Morgan fingerprint density at radius 1 is 1.43 bits per heavy atom. The van der Waals surface area contributed by atoms with Crippen LogP contribution in [0.4, 0.5) is 0 Å². The Balaban J connectivity index is 0.00000192. The summed E-state index contributed by atoms with van der Waals surface area (Å²) < 4.78 is 48.9. The number of sulfone groups is 1. The van der Waals surface area contributed by atoms with Gasteiger partial charge in [0.2, 0.25) is 10.0 Å². The summed E-state index contributed by atoms with van der Waals surface area (Å²) in [4.78, 5) is 2.18. The third kappa shape index (κ3) is 3.50. The van der Waals surface area contributed by atoms with E-state index in [9.17, 15) is 16.8 Å². The molecule has 0 radical (unpaired) electrons. The highest BCUT2D eigenvalue weighted by molar-refractivity contribution is 8.27. The van der Waals surface area contributed by atoms with Crippen molar-refractivity contribution in [2.45, 2.75) is 38.0 Å². The predicted octanol–water partition coefficient (Wildman–Crippen LogP) is 1.41. The summed E-state index contributed by atoms with van der Waals surface area (Å²) in [5, 5.41) is 4.85. The maximum Gasteiger partial charge on any atom is 0.244 e. The van der Waals surface area contributed by atoms with Crippen molar-refractivity contribution in [3.8, 4) is 0 Å². The number of hydrogen-bond donors (Lipinski definition) is 1. The van der Waals surface area contributed by atoms with E-state index in [4.69, 9.17) is 5.14 Å². The molecule has 10 heteroatoms. The number of fused-ring (bicyclic) bond motifs is 2. The summed E-state index contributed by atoms with van der Waals surface area (Å²) in [7, 11) is -7.33. The van der Waals surface area contributed by atoms with Gasteiger partial charge < -0.3 is 0 Å². The van der Waals surface area contributed by atoms with E-state index in [0.29, 0.717) is 25.3 Å². The summed E-state index contributed by atoms with van der Waals surface area (Å²) in [6, 6.07) is -0.206. The van der Waals surface area contributed by atoms with Gasteiger partial charge in [-0.15, -0.1) is 12.4 Å². The fourth-order valence-electron chi connectivity index (χ4n) is 3.35. The molecule has 0 saturated carbocycles. The van der Waals surface area contributed by atoms with E-state index in [2.05, 4.69) is 18.7 Å². The van der Waals surface area contributed by atoms with Gasteiger partial charge in [0.1, 0.15) is 8.47 Å². The number of rotatable bonds is 3. The van der Waals surface area contributed by atoms with E-state index in [0.717, 1.165) is 23.9 Å². The average Bonchev–Trinajstić information content (AvgIpc) is 2.47. The minimum atomic E-state index is -3.92. The molecule has 4 aliphatic heterocycles. The second-order valence-electron chi connectivity index (χ2n) is 6.52. The summed E-state index contributed by atoms with van der Waals surface area (Å²) in [6.07, 6.45) is 2.59. The molecule has 0 aromatic heterocycles. The Morgan fingerprint density at radius 3 is 2.65 bits per heavy atom. The SMILES string of the molecule is CC(C)CN1CC2=C3SC(S(N)(=O)=O)=CC1CC(C2)S3(=O)=O.Cl. The van der Waals surface area contributed by atoms with Crippen LogP contribution in [-0.4, -0.2) is 46.1 Å². The first-order chi connectivity index (χ1) is 10.1. The number of sulfonamides is 1. The maximum atomic E-state index is 12.6. The van der Waals surface area contributed by atoms with Crippen LogP contribution in [-0.2, 0) is 19.9 Å². The van der Waals surface area contributed by atoms with Gasteiger partial charge in [-0.25, -0.2) is 22.0 Å². The Hall–Kier alpha value is -0.0600. The van der Waals surface area contributed by atoms with Gasteiger partial charge in [-0.3, -0.25) is 4.90 Å². The molecule has 2 N–H and O–H groups in total. The van der Waals surface area contributed by atoms with E-state index >= 15 is 0 Å². The van der Waals surface area contributed by atoms with Crippen LogP contribution in [0.2, 0.25) is 0 Å². The number of halogens is 1. The van der Waals surface area contributed by atoms with Gasteiger partial charge >= 0.3 is 0 Å². The van der Waals surface area contributed by atoms with Crippen molar-refractivity contribution in [1.82, 2.24) is 4.90 Å². The lowest BCUT2D eigenvalue weighted by Gasteiger charge is -2.34. The van der Waals surface area contributed by atoms with Gasteiger partial charge in [-0.05, 0) is 30.4 Å². The van der Waals surface area contributed by atoms with Crippen molar-refractivity contribution in [2.24, 2.45) is 11.1 Å². The fourth-order valence-corrected chi connectivity index (χ4v) is 8.13. The Kier molecular flexibility index (Phi) is 5.31. The van der Waals surface area contributed by atoms with E-state index in [1.165, 1.54) is 0 Å². The Bertz CT molecular complexity index is 771. The highest BCUT2D eigenvalue weighted by Gasteiger charge is 2.47. The van der Waals surface area contributed by atoms with Gasteiger partial charge in [-0.2, -0.15) is 0 Å². The average molecular weight is 401 g/mol. The van der Waals surface area contributed by atoms with Gasteiger partial charge in [0.05, 0.1) is 5.25 Å². The van der Waals surface area contributed by atoms with Crippen LogP contribution in [0.1, 0.15) is 26.7 Å². The summed E-state index contributed by atoms with van der Waals surface area (Å²) in [6.45, 7) is 5.58. The zero-order valence-corrected chi connectivity index (χ0v) is 16.2. The van der Waals surface area contributed by atoms with E-state index in [1.807, 2.05) is 0 Å². The molecule has 4 aliphatic rings. The van der Waals surface area contributed by atoms with Gasteiger partial charge in [0.15, 0.2) is 9.84 Å². The molecular formula is C13H21ClN2O4S3. The molecule has 2 unspecified atom stereocenters. The molecule has 0 aromatic rings. The van der Waals surface area contributed by atoms with Crippen LogP contribution < -0.4 is 5.14 Å². The maximum absolute atomic E-state index is 12.6. The van der Waals surface area contributed by atoms with Crippen molar-refractivity contribution in [2.75, 3.05) is 13.1 Å². The molecule has 132 valence electrons. The van der Waals surface area contributed by atoms with Crippen LogP contribution in [0, 0.1) is 5.92 Å². The molecule has 0 aliphatic carbocycles. The first kappa shape index (κ1) is 19.3. The van der Waals surface area contributed by atoms with Gasteiger partial charge in [0, 0.05) is 19.1 Å². The number of hydrogen-bond acceptors (Lipinski definition) is 6. The van der Waals surface area contributed by atoms with Crippen molar-refractivity contribution in [3.05, 3.63) is 20.1 Å². The van der Waals surface area contributed by atoms with Crippen LogP contribution >= 0.6 is 24.2 Å². The summed E-state index contributed by atoms with van der Waals surface area (Å²) in [5.74, 6) is 0.415. The molecule has 1 fully saturated rings. The smallest absolute Gasteiger partial charge is 0.244 e. The Labute approximate surface area is 147 Å². The number of nitrogens with two attached hydrogens (primary N) is 1. The number of thioether (sulfide) groups is 1. The first-order valence-corrected chi connectivity index (χ1v) is 11.1. The normalized spacial score (nSPS) is 30.0. The molecule has 4 heterocycles. The minimum absolute atomic E-state index is 0. The first-order valence-electron chi connectivity index (χ1n) is 7.21. The largest absolute Gasteiger partial charge is 0.293 e. The van der Waals surface area contributed by atoms with Crippen molar-refractivity contribution >= 4 is 44.0 Å².